The highest BCUT2D eigenvalue weighted by Gasteiger charge is 2.41. The van der Waals surface area contributed by atoms with Crippen LogP contribution in [-0.4, -0.2) is 23.7 Å². The number of rotatable bonds is 3. The second-order valence-electron chi connectivity index (χ2n) is 7.69. The summed E-state index contributed by atoms with van der Waals surface area (Å²) in [4.78, 5) is 18.0. The number of phenolic OH excluding ortho intramolecular Hbond substituents is 1. The molecule has 5 nitrogen and oxygen atoms in total. The Morgan fingerprint density at radius 1 is 1.20 bits per heavy atom. The van der Waals surface area contributed by atoms with Crippen molar-refractivity contribution in [2.75, 3.05) is 7.11 Å². The van der Waals surface area contributed by atoms with E-state index in [-0.39, 0.29) is 17.5 Å². The van der Waals surface area contributed by atoms with Crippen LogP contribution in [0.15, 0.2) is 63.2 Å². The molecule has 0 saturated heterocycles. The highest BCUT2D eigenvalue weighted by Crippen LogP contribution is 2.48. The molecule has 0 saturated carbocycles. The van der Waals surface area contributed by atoms with Crippen LogP contribution in [0.2, 0.25) is 0 Å². The number of Topliss-reactive ketones (excluding diaryl/α,β-unsaturated/α-hetero) is 1. The van der Waals surface area contributed by atoms with Crippen LogP contribution in [0.5, 0.6) is 11.5 Å². The number of aromatic hydroxyl groups is 1. The van der Waals surface area contributed by atoms with Gasteiger partial charge in [0.1, 0.15) is 0 Å². The lowest BCUT2D eigenvalue weighted by Gasteiger charge is -2.35. The van der Waals surface area contributed by atoms with Gasteiger partial charge in [-0.05, 0) is 58.5 Å². The van der Waals surface area contributed by atoms with Crippen molar-refractivity contribution in [3.05, 3.63) is 69.3 Å². The molecule has 0 aromatic heterocycles. The van der Waals surface area contributed by atoms with E-state index in [2.05, 4.69) is 22.0 Å². The van der Waals surface area contributed by atoms with Crippen molar-refractivity contribution in [2.45, 2.75) is 31.6 Å². The quantitative estimate of drug-likeness (QED) is 0.670. The molecule has 30 heavy (non-hydrogen) atoms. The third-order valence-corrected chi connectivity index (χ3v) is 6.53. The number of allylic oxidation sites excluding steroid dienone is 2. The van der Waals surface area contributed by atoms with Crippen LogP contribution in [0.25, 0.3) is 0 Å². The van der Waals surface area contributed by atoms with E-state index in [9.17, 15) is 15.2 Å². The number of hydrogen-bond acceptors (Lipinski definition) is 5. The number of nitrogens with zero attached hydrogens (tertiary/aromatic N) is 2. The summed E-state index contributed by atoms with van der Waals surface area (Å²) >= 11 is 3.36. The van der Waals surface area contributed by atoms with Crippen molar-refractivity contribution in [3.8, 4) is 17.6 Å². The van der Waals surface area contributed by atoms with Gasteiger partial charge in [0.15, 0.2) is 17.3 Å². The number of halogens is 1. The van der Waals surface area contributed by atoms with E-state index in [4.69, 9.17) is 9.73 Å². The zero-order valence-corrected chi connectivity index (χ0v) is 18.3. The molecule has 1 N–H and O–H groups in total. The number of carbonyl (C=O) groups excluding carboxylic acids is 1. The normalized spacial score (nSPS) is 23.5. The molecular weight excluding hydrogens is 444 g/mol. The van der Waals surface area contributed by atoms with E-state index in [1.807, 2.05) is 37.3 Å². The third-order valence-electron chi connectivity index (χ3n) is 5.93. The summed E-state index contributed by atoms with van der Waals surface area (Å²) in [5.74, 6) is -0.614. The molecular formula is C24H21BrN2O3. The molecule has 0 fully saturated rings. The van der Waals surface area contributed by atoms with E-state index in [1.165, 1.54) is 7.11 Å². The first-order valence-corrected chi connectivity index (χ1v) is 10.6. The minimum atomic E-state index is -0.554. The van der Waals surface area contributed by atoms with Crippen molar-refractivity contribution in [2.24, 2.45) is 10.9 Å². The fourth-order valence-corrected chi connectivity index (χ4v) is 4.94. The minimum absolute atomic E-state index is 0.00993. The van der Waals surface area contributed by atoms with Crippen molar-refractivity contribution < 1.29 is 14.6 Å². The Kier molecular flexibility index (Phi) is 5.48. The summed E-state index contributed by atoms with van der Waals surface area (Å²) in [7, 11) is 1.47. The number of phenols is 1. The SMILES string of the molecule is COc1cc([C@H]2C3=C(C[C@@H](c4ccccc4)CC3=O)N=C(C)C2C#N)cc(Br)c1O. The van der Waals surface area contributed by atoms with Crippen molar-refractivity contribution in [3.63, 3.8) is 0 Å². The molecule has 152 valence electrons. The van der Waals surface area contributed by atoms with Gasteiger partial charge in [-0.15, -0.1) is 0 Å². The fraction of sp³-hybridized carbons (Fsp3) is 0.292. The van der Waals surface area contributed by atoms with Crippen molar-refractivity contribution >= 4 is 27.4 Å². The van der Waals surface area contributed by atoms with Gasteiger partial charge in [-0.25, -0.2) is 0 Å². The number of benzene rings is 2. The number of ether oxygens (including phenoxy) is 1. The largest absolute Gasteiger partial charge is 0.503 e. The first-order chi connectivity index (χ1) is 14.4. The second-order valence-corrected chi connectivity index (χ2v) is 8.54. The fourth-order valence-electron chi connectivity index (χ4n) is 4.48. The average Bonchev–Trinajstić information content (AvgIpc) is 2.75. The van der Waals surface area contributed by atoms with E-state index in [1.54, 1.807) is 12.1 Å². The zero-order valence-electron chi connectivity index (χ0n) is 16.7. The zero-order chi connectivity index (χ0) is 21.4. The number of aliphatic imine (C=N–C) groups is 1. The van der Waals surface area contributed by atoms with Gasteiger partial charge in [0.25, 0.3) is 0 Å². The Hall–Kier alpha value is -2.91. The lowest BCUT2D eigenvalue weighted by molar-refractivity contribution is -0.116. The van der Waals surface area contributed by atoms with Crippen LogP contribution in [-0.2, 0) is 4.79 Å². The predicted molar refractivity (Wildman–Crippen MR) is 118 cm³/mol. The van der Waals surface area contributed by atoms with Gasteiger partial charge < -0.3 is 9.84 Å². The van der Waals surface area contributed by atoms with Crippen LogP contribution < -0.4 is 4.74 Å². The Bertz CT molecular complexity index is 1120. The van der Waals surface area contributed by atoms with Crippen LogP contribution in [0.1, 0.15) is 42.7 Å². The molecule has 2 aromatic rings. The first kappa shape index (κ1) is 20.4. The highest BCUT2D eigenvalue weighted by molar-refractivity contribution is 9.10. The molecule has 0 bridgehead atoms. The molecule has 1 aliphatic heterocycles. The predicted octanol–water partition coefficient (Wildman–Crippen LogP) is 5.26. The van der Waals surface area contributed by atoms with Crippen LogP contribution in [0, 0.1) is 17.2 Å². The summed E-state index contributed by atoms with van der Waals surface area (Å²) in [6.07, 6.45) is 1.05. The Balaban J connectivity index is 1.84. The monoisotopic (exact) mass is 464 g/mol. The third kappa shape index (κ3) is 3.44. The molecule has 4 rings (SSSR count). The van der Waals surface area contributed by atoms with Crippen molar-refractivity contribution in [1.82, 2.24) is 0 Å². The summed E-state index contributed by atoms with van der Waals surface area (Å²) in [5, 5.41) is 20.1. The van der Waals surface area contributed by atoms with E-state index >= 15 is 0 Å². The second kappa shape index (κ2) is 8.08. The molecule has 1 heterocycles. The summed E-state index contributed by atoms with van der Waals surface area (Å²) in [5.41, 5.74) is 3.94. The number of methoxy groups -OCH3 is 1. The number of ketones is 1. The highest BCUT2D eigenvalue weighted by atomic mass is 79.9. The molecule has 0 radical (unpaired) electrons. The Morgan fingerprint density at radius 2 is 1.93 bits per heavy atom. The lowest BCUT2D eigenvalue weighted by Crippen LogP contribution is -2.32. The number of carbonyl (C=O) groups is 1. The maximum absolute atomic E-state index is 13.3. The summed E-state index contributed by atoms with van der Waals surface area (Å²) in [6.45, 7) is 1.84. The molecule has 2 aliphatic rings. The lowest BCUT2D eigenvalue weighted by atomic mass is 9.69. The molecule has 0 amide bonds. The van der Waals surface area contributed by atoms with Crippen molar-refractivity contribution in [1.29, 1.82) is 5.26 Å². The van der Waals surface area contributed by atoms with Gasteiger partial charge >= 0.3 is 0 Å². The summed E-state index contributed by atoms with van der Waals surface area (Å²) in [6, 6.07) is 15.8. The van der Waals surface area contributed by atoms with Gasteiger partial charge in [0, 0.05) is 29.3 Å². The molecule has 1 unspecified atom stereocenters. The smallest absolute Gasteiger partial charge is 0.172 e. The Morgan fingerprint density at radius 3 is 2.60 bits per heavy atom. The van der Waals surface area contributed by atoms with Gasteiger partial charge in [0.2, 0.25) is 0 Å². The van der Waals surface area contributed by atoms with E-state index in [0.29, 0.717) is 34.3 Å². The van der Waals surface area contributed by atoms with Gasteiger partial charge in [-0.2, -0.15) is 5.26 Å². The number of nitriles is 1. The van der Waals surface area contributed by atoms with Crippen LogP contribution >= 0.6 is 15.9 Å². The maximum atomic E-state index is 13.3. The van der Waals surface area contributed by atoms with Crippen LogP contribution in [0.3, 0.4) is 0 Å². The maximum Gasteiger partial charge on any atom is 0.172 e. The molecule has 0 spiro atoms. The molecule has 2 aromatic carbocycles. The van der Waals surface area contributed by atoms with Crippen LogP contribution in [0.4, 0.5) is 0 Å². The van der Waals surface area contributed by atoms with E-state index < -0.39 is 11.8 Å². The summed E-state index contributed by atoms with van der Waals surface area (Å²) < 4.78 is 5.76. The molecule has 1 aliphatic carbocycles. The van der Waals surface area contributed by atoms with Gasteiger partial charge in [0.05, 0.1) is 23.6 Å². The number of hydrogen-bond donors (Lipinski definition) is 1. The average molecular weight is 465 g/mol. The molecule has 6 heteroatoms. The Labute approximate surface area is 183 Å². The van der Waals surface area contributed by atoms with Gasteiger partial charge in [-0.1, -0.05) is 30.3 Å². The van der Waals surface area contributed by atoms with Gasteiger partial charge in [-0.3, -0.25) is 9.79 Å². The first-order valence-electron chi connectivity index (χ1n) is 9.77. The van der Waals surface area contributed by atoms with E-state index in [0.717, 1.165) is 16.8 Å². The minimum Gasteiger partial charge on any atom is -0.503 e. The molecule has 3 atom stereocenters. The topological polar surface area (TPSA) is 82.7 Å². The standard InChI is InChI=1S/C24H21BrN2O3/c1-13-17(12-26)22(16-8-18(25)24(29)21(11-16)30-2)23-19(27-13)9-15(10-20(23)28)14-6-4-3-5-7-14/h3-8,11,15,17,22,29H,9-10H2,1-2H3/t15-,17?,22-/m1/s1.